The summed E-state index contributed by atoms with van der Waals surface area (Å²) in [6.07, 6.45) is 0. The lowest BCUT2D eigenvalue weighted by atomic mass is 10.1. The Bertz CT molecular complexity index is 200. The van der Waals surface area contributed by atoms with Gasteiger partial charge in [-0.05, 0) is 20.8 Å². The highest BCUT2D eigenvalue weighted by molar-refractivity contribution is 5.84. The van der Waals surface area contributed by atoms with E-state index < -0.39 is 11.6 Å². The van der Waals surface area contributed by atoms with Crippen molar-refractivity contribution in [3.63, 3.8) is 0 Å². The van der Waals surface area contributed by atoms with Crippen molar-refractivity contribution < 1.29 is 9.18 Å². The summed E-state index contributed by atoms with van der Waals surface area (Å²) in [7, 11) is 0. The molecule has 3 nitrogen and oxygen atoms in total. The molecule has 0 spiro atoms. The number of halogens is 1. The van der Waals surface area contributed by atoms with Crippen LogP contribution in [0, 0.1) is 0 Å². The van der Waals surface area contributed by atoms with Gasteiger partial charge in [-0.3, -0.25) is 4.79 Å². The minimum Gasteiger partial charge on any atom is -0.335 e. The monoisotopic (exact) mass is 188 g/mol. The first kappa shape index (κ1) is 10.4. The van der Waals surface area contributed by atoms with Crippen molar-refractivity contribution in [3.05, 3.63) is 0 Å². The first-order chi connectivity index (χ1) is 5.93. The largest absolute Gasteiger partial charge is 0.335 e. The number of carbonyl (C=O) groups excluding carboxylic acids is 1. The zero-order valence-electron chi connectivity index (χ0n) is 8.43. The van der Waals surface area contributed by atoms with E-state index in [9.17, 15) is 9.18 Å². The Morgan fingerprint density at radius 3 is 2.69 bits per heavy atom. The van der Waals surface area contributed by atoms with Gasteiger partial charge >= 0.3 is 0 Å². The molecule has 0 radical (unpaired) electrons. The molecule has 1 rings (SSSR count). The van der Waals surface area contributed by atoms with Crippen molar-refractivity contribution in [2.45, 2.75) is 32.5 Å². The summed E-state index contributed by atoms with van der Waals surface area (Å²) in [5, 5.41) is 3.15. The number of hydrogen-bond acceptors (Lipinski definition) is 2. The van der Waals surface area contributed by atoms with E-state index in [-0.39, 0.29) is 6.04 Å². The van der Waals surface area contributed by atoms with Crippen molar-refractivity contribution in [3.8, 4) is 0 Å². The lowest BCUT2D eigenvalue weighted by molar-refractivity contribution is -0.144. The highest BCUT2D eigenvalue weighted by Crippen LogP contribution is 2.15. The molecule has 0 unspecified atom stereocenters. The van der Waals surface area contributed by atoms with Crippen molar-refractivity contribution in [1.29, 1.82) is 0 Å². The van der Waals surface area contributed by atoms with E-state index in [4.69, 9.17) is 0 Å². The molecule has 1 N–H and O–H groups in total. The van der Waals surface area contributed by atoms with E-state index in [2.05, 4.69) is 5.32 Å². The van der Waals surface area contributed by atoms with Crippen LogP contribution in [0.3, 0.4) is 0 Å². The summed E-state index contributed by atoms with van der Waals surface area (Å²) in [6.45, 7) is 6.66. The number of hydrogen-bond donors (Lipinski definition) is 1. The van der Waals surface area contributed by atoms with Gasteiger partial charge < -0.3 is 10.2 Å². The Kier molecular flexibility index (Phi) is 2.91. The average molecular weight is 188 g/mol. The maximum Gasteiger partial charge on any atom is 0.259 e. The average Bonchev–Trinajstić information content (AvgIpc) is 2.02. The molecule has 1 saturated heterocycles. The molecule has 4 heteroatoms. The fourth-order valence-corrected chi connectivity index (χ4v) is 1.48. The minimum atomic E-state index is -1.74. The quantitative estimate of drug-likeness (QED) is 0.652. The molecule has 0 aliphatic carbocycles. The molecule has 1 amide bonds. The molecule has 1 atom stereocenters. The van der Waals surface area contributed by atoms with Gasteiger partial charge in [0.1, 0.15) is 0 Å². The Labute approximate surface area is 78.3 Å². The molecular weight excluding hydrogens is 171 g/mol. The fourth-order valence-electron chi connectivity index (χ4n) is 1.48. The summed E-state index contributed by atoms with van der Waals surface area (Å²) in [5.41, 5.74) is -1.74. The number of carbonyl (C=O) groups is 1. The summed E-state index contributed by atoms with van der Waals surface area (Å²) >= 11 is 0. The number of nitrogens with one attached hydrogen (secondary N) is 1. The van der Waals surface area contributed by atoms with Crippen LogP contribution >= 0.6 is 0 Å². The maximum atomic E-state index is 13.3. The number of piperazine rings is 1. The third kappa shape index (κ3) is 2.40. The number of amides is 1. The molecule has 1 heterocycles. The zero-order chi connectivity index (χ0) is 10.1. The van der Waals surface area contributed by atoms with E-state index in [1.54, 1.807) is 4.90 Å². The Morgan fingerprint density at radius 1 is 1.62 bits per heavy atom. The Balaban J connectivity index is 2.64. The highest BCUT2D eigenvalue weighted by Gasteiger charge is 2.34. The van der Waals surface area contributed by atoms with Crippen molar-refractivity contribution in [2.24, 2.45) is 0 Å². The van der Waals surface area contributed by atoms with E-state index in [1.165, 1.54) is 13.8 Å². The molecule has 0 aromatic heterocycles. The Morgan fingerprint density at radius 2 is 2.23 bits per heavy atom. The van der Waals surface area contributed by atoms with Crippen LogP contribution in [0.25, 0.3) is 0 Å². The molecule has 13 heavy (non-hydrogen) atoms. The number of rotatable bonds is 1. The third-order valence-corrected chi connectivity index (χ3v) is 2.27. The van der Waals surface area contributed by atoms with E-state index in [1.807, 2.05) is 6.92 Å². The molecule has 1 aliphatic heterocycles. The first-order valence-electron chi connectivity index (χ1n) is 4.63. The van der Waals surface area contributed by atoms with Crippen LogP contribution in [-0.4, -0.2) is 42.2 Å². The molecule has 1 fully saturated rings. The minimum absolute atomic E-state index is 0.0938. The smallest absolute Gasteiger partial charge is 0.259 e. The van der Waals surface area contributed by atoms with Gasteiger partial charge in [0.15, 0.2) is 5.67 Å². The molecular formula is C9H17FN2O. The predicted octanol–water partition coefficient (Wildman–Crippen LogP) is 0.555. The van der Waals surface area contributed by atoms with E-state index >= 15 is 0 Å². The number of nitrogens with zero attached hydrogens (tertiary/aromatic N) is 1. The van der Waals surface area contributed by atoms with Crippen LogP contribution < -0.4 is 5.32 Å². The second-order valence-electron chi connectivity index (χ2n) is 4.02. The van der Waals surface area contributed by atoms with Crippen LogP contribution in [-0.2, 0) is 4.79 Å². The molecule has 0 bridgehead atoms. The SMILES string of the molecule is C[C@@H]1CNCCN1C(=O)C(C)(C)F. The van der Waals surface area contributed by atoms with Gasteiger partial charge in [0.05, 0.1) is 0 Å². The van der Waals surface area contributed by atoms with Crippen molar-refractivity contribution in [2.75, 3.05) is 19.6 Å². The van der Waals surface area contributed by atoms with Crippen molar-refractivity contribution >= 4 is 5.91 Å². The predicted molar refractivity (Wildman–Crippen MR) is 49.2 cm³/mol. The molecule has 0 saturated carbocycles. The number of alkyl halides is 1. The second kappa shape index (κ2) is 3.62. The summed E-state index contributed by atoms with van der Waals surface area (Å²) in [5.74, 6) is -0.401. The normalized spacial score (nSPS) is 24.6. The maximum absolute atomic E-state index is 13.3. The molecule has 76 valence electrons. The Hall–Kier alpha value is -0.640. The fraction of sp³-hybridized carbons (Fsp3) is 0.889. The van der Waals surface area contributed by atoms with Gasteiger partial charge in [0.25, 0.3) is 5.91 Å². The van der Waals surface area contributed by atoms with Gasteiger partial charge in [0.2, 0.25) is 0 Å². The van der Waals surface area contributed by atoms with E-state index in [0.717, 1.165) is 13.1 Å². The van der Waals surface area contributed by atoms with Crippen LogP contribution in [0.1, 0.15) is 20.8 Å². The van der Waals surface area contributed by atoms with Crippen molar-refractivity contribution in [1.82, 2.24) is 10.2 Å². The first-order valence-corrected chi connectivity index (χ1v) is 4.63. The van der Waals surface area contributed by atoms with Gasteiger partial charge in [-0.25, -0.2) is 4.39 Å². The lowest BCUT2D eigenvalue weighted by Gasteiger charge is -2.36. The topological polar surface area (TPSA) is 32.3 Å². The second-order valence-corrected chi connectivity index (χ2v) is 4.02. The summed E-state index contributed by atoms with van der Waals surface area (Å²) in [6, 6.07) is 0.0938. The van der Waals surface area contributed by atoms with Gasteiger partial charge in [0, 0.05) is 25.7 Å². The van der Waals surface area contributed by atoms with Gasteiger partial charge in [-0.15, -0.1) is 0 Å². The van der Waals surface area contributed by atoms with Crippen LogP contribution in [0.5, 0.6) is 0 Å². The van der Waals surface area contributed by atoms with Crippen LogP contribution in [0.2, 0.25) is 0 Å². The third-order valence-electron chi connectivity index (χ3n) is 2.27. The highest BCUT2D eigenvalue weighted by atomic mass is 19.1. The standard InChI is InChI=1S/C9H17FN2O/c1-7-6-11-4-5-12(7)8(13)9(2,3)10/h7,11H,4-6H2,1-3H3/t7-/m1/s1. The van der Waals surface area contributed by atoms with Crippen LogP contribution in [0.4, 0.5) is 4.39 Å². The molecule has 0 aromatic rings. The van der Waals surface area contributed by atoms with Crippen LogP contribution in [0.15, 0.2) is 0 Å². The summed E-state index contributed by atoms with van der Waals surface area (Å²) in [4.78, 5) is 13.2. The lowest BCUT2D eigenvalue weighted by Crippen LogP contribution is -2.56. The zero-order valence-corrected chi connectivity index (χ0v) is 8.43. The summed E-state index contributed by atoms with van der Waals surface area (Å²) < 4.78 is 13.3. The molecule has 1 aliphatic rings. The van der Waals surface area contributed by atoms with E-state index in [0.29, 0.717) is 6.54 Å². The van der Waals surface area contributed by atoms with Gasteiger partial charge in [-0.1, -0.05) is 0 Å². The molecule has 0 aromatic carbocycles. The van der Waals surface area contributed by atoms with Gasteiger partial charge in [-0.2, -0.15) is 0 Å².